The summed E-state index contributed by atoms with van der Waals surface area (Å²) in [6.07, 6.45) is 0. The molecule has 3 aromatic rings. The number of halogens is 2. The monoisotopic (exact) mass is 617 g/mol. The average molecular weight is 619 g/mol. The fraction of sp³-hybridized carbons (Fsp3) is 0.355. The van der Waals surface area contributed by atoms with Crippen LogP contribution in [0.4, 0.5) is 5.69 Å². The van der Waals surface area contributed by atoms with Crippen molar-refractivity contribution in [1.29, 1.82) is 0 Å². The number of nitrogens with zero attached hydrogens (tertiary/aromatic N) is 2. The zero-order valence-corrected chi connectivity index (χ0v) is 26.5. The Morgan fingerprint density at radius 2 is 1.41 bits per heavy atom. The van der Waals surface area contributed by atoms with E-state index < -0.39 is 28.5 Å². The van der Waals surface area contributed by atoms with Crippen LogP contribution >= 0.6 is 23.2 Å². The lowest BCUT2D eigenvalue weighted by molar-refractivity contribution is -0.139. The largest absolute Gasteiger partial charge is 0.352 e. The number of aryl methyl sites for hydroxylation is 1. The van der Waals surface area contributed by atoms with E-state index in [-0.39, 0.29) is 29.3 Å². The maximum atomic E-state index is 14.0. The SMILES string of the molecule is Cc1ccc(S(=O)(=O)N(CC(=O)N(Cc2c(Cl)cccc2Cl)[C@H](C)C(=O)NC(C)C)c2ccc(C(C)C)cc2)cc1. The van der Waals surface area contributed by atoms with Crippen LogP contribution in [-0.4, -0.2) is 43.8 Å². The topological polar surface area (TPSA) is 86.8 Å². The molecule has 0 saturated carbocycles. The van der Waals surface area contributed by atoms with Crippen LogP contribution in [0.2, 0.25) is 10.0 Å². The minimum absolute atomic E-state index is 0.0510. The highest BCUT2D eigenvalue weighted by molar-refractivity contribution is 7.92. The van der Waals surface area contributed by atoms with Crippen molar-refractivity contribution in [1.82, 2.24) is 10.2 Å². The van der Waals surface area contributed by atoms with Crippen molar-refractivity contribution in [3.05, 3.63) is 93.5 Å². The quantitative estimate of drug-likeness (QED) is 0.264. The summed E-state index contributed by atoms with van der Waals surface area (Å²) in [5.74, 6) is -0.731. The van der Waals surface area contributed by atoms with Gasteiger partial charge in [0.05, 0.1) is 10.6 Å². The van der Waals surface area contributed by atoms with E-state index in [4.69, 9.17) is 23.2 Å². The van der Waals surface area contributed by atoms with Crippen molar-refractivity contribution in [2.45, 2.75) is 71.0 Å². The van der Waals surface area contributed by atoms with Gasteiger partial charge in [-0.05, 0) is 75.6 Å². The van der Waals surface area contributed by atoms with Gasteiger partial charge in [0.15, 0.2) is 0 Å². The van der Waals surface area contributed by atoms with Crippen molar-refractivity contribution < 1.29 is 18.0 Å². The third-order valence-corrected chi connectivity index (χ3v) is 9.22. The molecule has 0 fully saturated rings. The number of carbonyl (C=O) groups excluding carboxylic acids is 2. The smallest absolute Gasteiger partial charge is 0.264 e. The summed E-state index contributed by atoms with van der Waals surface area (Å²) < 4.78 is 29.0. The minimum Gasteiger partial charge on any atom is -0.352 e. The van der Waals surface area contributed by atoms with Gasteiger partial charge < -0.3 is 10.2 Å². The van der Waals surface area contributed by atoms with E-state index in [1.165, 1.54) is 17.0 Å². The fourth-order valence-electron chi connectivity index (χ4n) is 4.23. The summed E-state index contributed by atoms with van der Waals surface area (Å²) in [6, 6.07) is 17.4. The molecule has 2 amide bonds. The molecule has 0 aromatic heterocycles. The van der Waals surface area contributed by atoms with Crippen molar-refractivity contribution in [3.63, 3.8) is 0 Å². The molecule has 220 valence electrons. The van der Waals surface area contributed by atoms with Crippen molar-refractivity contribution in [2.24, 2.45) is 0 Å². The van der Waals surface area contributed by atoms with Crippen LogP contribution < -0.4 is 9.62 Å². The molecule has 0 aliphatic heterocycles. The van der Waals surface area contributed by atoms with Crippen molar-refractivity contribution in [3.8, 4) is 0 Å². The molecule has 0 unspecified atom stereocenters. The predicted molar refractivity (Wildman–Crippen MR) is 166 cm³/mol. The Hall–Kier alpha value is -3.07. The molecule has 0 aliphatic carbocycles. The minimum atomic E-state index is -4.15. The first-order valence-electron chi connectivity index (χ1n) is 13.4. The zero-order chi connectivity index (χ0) is 30.5. The van der Waals surface area contributed by atoms with Crippen molar-refractivity contribution >= 4 is 50.7 Å². The Labute approximate surface area is 253 Å². The van der Waals surface area contributed by atoms with Gasteiger partial charge in [0.2, 0.25) is 11.8 Å². The maximum Gasteiger partial charge on any atom is 0.264 e. The molecule has 1 atom stereocenters. The number of hydrogen-bond donors (Lipinski definition) is 1. The number of carbonyl (C=O) groups is 2. The lowest BCUT2D eigenvalue weighted by Crippen LogP contribution is -2.52. The van der Waals surface area contributed by atoms with Crippen LogP contribution in [0, 0.1) is 6.92 Å². The highest BCUT2D eigenvalue weighted by Gasteiger charge is 2.33. The first-order valence-corrected chi connectivity index (χ1v) is 15.6. The zero-order valence-electron chi connectivity index (χ0n) is 24.2. The molecule has 7 nitrogen and oxygen atoms in total. The lowest BCUT2D eigenvalue weighted by Gasteiger charge is -2.32. The van der Waals surface area contributed by atoms with Gasteiger partial charge in [0, 0.05) is 28.2 Å². The number of nitrogens with one attached hydrogen (secondary N) is 1. The first-order chi connectivity index (χ1) is 19.2. The van der Waals surface area contributed by atoms with E-state index in [9.17, 15) is 18.0 Å². The average Bonchev–Trinajstić information content (AvgIpc) is 2.91. The number of rotatable bonds is 11. The molecule has 0 saturated heterocycles. The van der Waals surface area contributed by atoms with E-state index in [0.717, 1.165) is 15.4 Å². The highest BCUT2D eigenvalue weighted by Crippen LogP contribution is 2.29. The van der Waals surface area contributed by atoms with Crippen LogP contribution in [0.3, 0.4) is 0 Å². The van der Waals surface area contributed by atoms with Crippen LogP contribution in [0.15, 0.2) is 71.6 Å². The Morgan fingerprint density at radius 3 is 1.93 bits per heavy atom. The van der Waals surface area contributed by atoms with E-state index in [0.29, 0.717) is 21.3 Å². The molecule has 0 radical (unpaired) electrons. The Kier molecular flexibility index (Phi) is 10.9. The summed E-state index contributed by atoms with van der Waals surface area (Å²) in [5, 5.41) is 3.49. The molecule has 0 aliphatic rings. The molecule has 3 aromatic carbocycles. The summed E-state index contributed by atoms with van der Waals surface area (Å²) in [6.45, 7) is 10.5. The van der Waals surface area contributed by atoms with Crippen molar-refractivity contribution in [2.75, 3.05) is 10.8 Å². The van der Waals surface area contributed by atoms with E-state index in [2.05, 4.69) is 5.32 Å². The summed E-state index contributed by atoms with van der Waals surface area (Å²) in [7, 11) is -4.15. The molecular formula is C31H37Cl2N3O4S. The van der Waals surface area contributed by atoms with Crippen LogP contribution in [0.25, 0.3) is 0 Å². The third-order valence-electron chi connectivity index (χ3n) is 6.72. The number of hydrogen-bond acceptors (Lipinski definition) is 4. The van der Waals surface area contributed by atoms with Gasteiger partial charge in [-0.1, -0.05) is 72.9 Å². The number of anilines is 1. The van der Waals surface area contributed by atoms with E-state index in [1.54, 1.807) is 49.4 Å². The second kappa shape index (κ2) is 13.7. The molecule has 41 heavy (non-hydrogen) atoms. The van der Waals surface area contributed by atoms with E-state index >= 15 is 0 Å². The standard InChI is InChI=1S/C31H37Cl2N3O4S/c1-20(2)24-12-14-25(15-13-24)36(41(39,40)26-16-10-22(5)11-17-26)19-30(37)35(23(6)31(38)34-21(3)4)18-27-28(32)8-7-9-29(27)33/h7-17,20-21,23H,18-19H2,1-6H3,(H,34,38)/t23-/m1/s1. The summed E-state index contributed by atoms with van der Waals surface area (Å²) in [5.41, 5.74) is 2.73. The fourth-order valence-corrected chi connectivity index (χ4v) is 6.16. The second-order valence-electron chi connectivity index (χ2n) is 10.6. The molecular weight excluding hydrogens is 581 g/mol. The molecule has 10 heteroatoms. The Morgan fingerprint density at radius 1 is 0.854 bits per heavy atom. The normalized spacial score (nSPS) is 12.3. The predicted octanol–water partition coefficient (Wildman–Crippen LogP) is 6.56. The molecule has 1 N–H and O–H groups in total. The van der Waals surface area contributed by atoms with E-state index in [1.807, 2.05) is 46.8 Å². The maximum absolute atomic E-state index is 14.0. The molecule has 3 rings (SSSR count). The van der Waals surface area contributed by atoms with Gasteiger partial charge in [-0.3, -0.25) is 13.9 Å². The third kappa shape index (κ3) is 8.03. The highest BCUT2D eigenvalue weighted by atomic mass is 35.5. The Bertz CT molecular complexity index is 1450. The summed E-state index contributed by atoms with van der Waals surface area (Å²) in [4.78, 5) is 28.5. The van der Waals surface area contributed by atoms with Crippen LogP contribution in [-0.2, 0) is 26.2 Å². The van der Waals surface area contributed by atoms with Gasteiger partial charge in [0.25, 0.3) is 10.0 Å². The first kappa shape index (κ1) is 32.4. The molecule has 0 bridgehead atoms. The van der Waals surface area contributed by atoms with Gasteiger partial charge in [-0.2, -0.15) is 0 Å². The van der Waals surface area contributed by atoms with Gasteiger partial charge >= 0.3 is 0 Å². The molecule has 0 spiro atoms. The Balaban J connectivity index is 2.08. The number of amides is 2. The van der Waals surface area contributed by atoms with Crippen LogP contribution in [0.1, 0.15) is 57.2 Å². The number of benzene rings is 3. The number of sulfonamides is 1. The molecule has 0 heterocycles. The second-order valence-corrected chi connectivity index (χ2v) is 13.3. The summed E-state index contributed by atoms with van der Waals surface area (Å²) >= 11 is 12.8. The van der Waals surface area contributed by atoms with Gasteiger partial charge in [-0.25, -0.2) is 8.42 Å². The van der Waals surface area contributed by atoms with Gasteiger partial charge in [0.1, 0.15) is 12.6 Å². The lowest BCUT2D eigenvalue weighted by atomic mass is 10.0. The van der Waals surface area contributed by atoms with Gasteiger partial charge in [-0.15, -0.1) is 0 Å². The van der Waals surface area contributed by atoms with Crippen LogP contribution in [0.5, 0.6) is 0 Å².